The van der Waals surface area contributed by atoms with Crippen LogP contribution in [0.15, 0.2) is 48.5 Å². The Balaban J connectivity index is 1.70. The first-order chi connectivity index (χ1) is 15.1. The predicted molar refractivity (Wildman–Crippen MR) is 123 cm³/mol. The topological polar surface area (TPSA) is 96.0 Å². The number of morpholine rings is 1. The maximum atomic E-state index is 12.6. The van der Waals surface area contributed by atoms with Crippen LogP contribution in [0.2, 0.25) is 0 Å². The average molecular weight is 460 g/mol. The van der Waals surface area contributed by atoms with Crippen molar-refractivity contribution >= 4 is 27.5 Å². The summed E-state index contributed by atoms with van der Waals surface area (Å²) in [5, 5.41) is 2.84. The second-order valence-corrected chi connectivity index (χ2v) is 9.83. The Morgan fingerprint density at radius 3 is 2.22 bits per heavy atom. The molecule has 0 bridgehead atoms. The van der Waals surface area contributed by atoms with Crippen molar-refractivity contribution in [2.75, 3.05) is 43.4 Å². The molecule has 1 atom stereocenters. The summed E-state index contributed by atoms with van der Waals surface area (Å²) in [7, 11) is -3.71. The number of amides is 2. The number of ether oxygens (including phenoxy) is 1. The summed E-state index contributed by atoms with van der Waals surface area (Å²) in [6.45, 7) is 5.52. The van der Waals surface area contributed by atoms with Gasteiger partial charge in [0.25, 0.3) is 5.91 Å². The van der Waals surface area contributed by atoms with E-state index in [4.69, 9.17) is 4.74 Å². The molecule has 0 radical (unpaired) electrons. The van der Waals surface area contributed by atoms with Crippen LogP contribution in [0.4, 0.5) is 5.69 Å². The first kappa shape index (κ1) is 23.7. The molecule has 0 spiro atoms. The van der Waals surface area contributed by atoms with Crippen LogP contribution in [0.1, 0.15) is 34.5 Å². The van der Waals surface area contributed by atoms with E-state index in [1.54, 1.807) is 29.2 Å². The zero-order chi connectivity index (χ0) is 23.3. The van der Waals surface area contributed by atoms with Crippen LogP contribution in [0.25, 0.3) is 0 Å². The summed E-state index contributed by atoms with van der Waals surface area (Å²) in [5.41, 5.74) is 2.83. The first-order valence-electron chi connectivity index (χ1n) is 10.5. The van der Waals surface area contributed by atoms with Crippen molar-refractivity contribution in [2.45, 2.75) is 19.9 Å². The molecule has 0 aliphatic carbocycles. The van der Waals surface area contributed by atoms with Gasteiger partial charge in [-0.1, -0.05) is 29.8 Å². The van der Waals surface area contributed by atoms with Gasteiger partial charge in [-0.15, -0.1) is 0 Å². The lowest BCUT2D eigenvalue weighted by molar-refractivity contribution is -0.120. The van der Waals surface area contributed by atoms with Crippen molar-refractivity contribution in [1.29, 1.82) is 0 Å². The van der Waals surface area contributed by atoms with Gasteiger partial charge >= 0.3 is 0 Å². The zero-order valence-electron chi connectivity index (χ0n) is 18.6. The molecule has 1 N–H and O–H groups in total. The van der Waals surface area contributed by atoms with Crippen molar-refractivity contribution in [2.24, 2.45) is 0 Å². The number of hydrogen-bond donors (Lipinski definition) is 1. The molecule has 1 aliphatic rings. The number of anilines is 1. The highest BCUT2D eigenvalue weighted by Crippen LogP contribution is 2.20. The highest BCUT2D eigenvalue weighted by atomic mass is 32.2. The second kappa shape index (κ2) is 10.1. The van der Waals surface area contributed by atoms with Gasteiger partial charge in [0.15, 0.2) is 0 Å². The van der Waals surface area contributed by atoms with E-state index in [1.165, 1.54) is 0 Å². The van der Waals surface area contributed by atoms with E-state index in [-0.39, 0.29) is 18.5 Å². The molecule has 0 aromatic heterocycles. The number of nitrogens with zero attached hydrogens (tertiary/aromatic N) is 2. The summed E-state index contributed by atoms with van der Waals surface area (Å²) >= 11 is 0. The molecule has 32 heavy (non-hydrogen) atoms. The number of carbonyl (C=O) groups is 2. The number of sulfonamides is 1. The maximum absolute atomic E-state index is 12.6. The molecule has 1 aliphatic heterocycles. The molecule has 2 amide bonds. The highest BCUT2D eigenvalue weighted by Gasteiger charge is 2.23. The number of aryl methyl sites for hydroxylation is 1. The highest BCUT2D eigenvalue weighted by molar-refractivity contribution is 7.92. The van der Waals surface area contributed by atoms with E-state index in [2.05, 4.69) is 5.32 Å². The SMILES string of the molecule is Cc1ccc(C(C)NC(=O)CN(c2ccc(C(=O)N3CCOCC3)cc2)S(C)(=O)=O)cc1. The third-order valence-electron chi connectivity index (χ3n) is 5.34. The fourth-order valence-electron chi connectivity index (χ4n) is 3.48. The van der Waals surface area contributed by atoms with Crippen LogP contribution in [0.3, 0.4) is 0 Å². The Bertz CT molecular complexity index is 1050. The Kier molecular flexibility index (Phi) is 7.52. The van der Waals surface area contributed by atoms with Crippen molar-refractivity contribution in [3.05, 3.63) is 65.2 Å². The van der Waals surface area contributed by atoms with Crippen LogP contribution in [-0.4, -0.2) is 64.2 Å². The van der Waals surface area contributed by atoms with Gasteiger partial charge in [0.1, 0.15) is 6.54 Å². The van der Waals surface area contributed by atoms with Gasteiger partial charge in [0.2, 0.25) is 15.9 Å². The molecule has 8 nitrogen and oxygen atoms in total. The summed E-state index contributed by atoms with van der Waals surface area (Å²) in [6, 6.07) is 13.8. The van der Waals surface area contributed by atoms with Gasteiger partial charge < -0.3 is 15.0 Å². The smallest absolute Gasteiger partial charge is 0.254 e. The van der Waals surface area contributed by atoms with E-state index in [9.17, 15) is 18.0 Å². The maximum Gasteiger partial charge on any atom is 0.254 e. The molecule has 2 aromatic carbocycles. The Hall–Kier alpha value is -2.91. The monoisotopic (exact) mass is 459 g/mol. The van der Waals surface area contributed by atoms with Gasteiger partial charge in [-0.25, -0.2) is 8.42 Å². The minimum absolute atomic E-state index is 0.129. The lowest BCUT2D eigenvalue weighted by Crippen LogP contribution is -2.41. The molecule has 1 unspecified atom stereocenters. The quantitative estimate of drug-likeness (QED) is 0.684. The molecule has 1 saturated heterocycles. The number of benzene rings is 2. The van der Waals surface area contributed by atoms with E-state index in [0.717, 1.165) is 21.7 Å². The van der Waals surface area contributed by atoms with Crippen LogP contribution < -0.4 is 9.62 Å². The van der Waals surface area contributed by atoms with E-state index in [0.29, 0.717) is 37.6 Å². The first-order valence-corrected chi connectivity index (χ1v) is 12.3. The van der Waals surface area contributed by atoms with E-state index < -0.39 is 15.9 Å². The Morgan fingerprint density at radius 2 is 1.66 bits per heavy atom. The number of hydrogen-bond acceptors (Lipinski definition) is 5. The van der Waals surface area contributed by atoms with Crippen LogP contribution >= 0.6 is 0 Å². The molecule has 1 heterocycles. The van der Waals surface area contributed by atoms with Crippen molar-refractivity contribution < 1.29 is 22.7 Å². The normalized spacial score (nSPS) is 15.2. The third-order valence-corrected chi connectivity index (χ3v) is 6.48. The molecule has 3 rings (SSSR count). The van der Waals surface area contributed by atoms with Crippen molar-refractivity contribution in [1.82, 2.24) is 10.2 Å². The number of carbonyl (C=O) groups excluding carboxylic acids is 2. The Labute approximate surface area is 189 Å². The third kappa shape index (κ3) is 6.08. The second-order valence-electron chi connectivity index (χ2n) is 7.92. The molecule has 9 heteroatoms. The predicted octanol–water partition coefficient (Wildman–Crippen LogP) is 2.11. The lowest BCUT2D eigenvalue weighted by atomic mass is 10.1. The largest absolute Gasteiger partial charge is 0.378 e. The van der Waals surface area contributed by atoms with Crippen LogP contribution in [0, 0.1) is 6.92 Å². The molecule has 172 valence electrons. The number of rotatable bonds is 7. The molecular weight excluding hydrogens is 430 g/mol. The fourth-order valence-corrected chi connectivity index (χ4v) is 4.33. The fraction of sp³-hybridized carbons (Fsp3) is 0.391. The van der Waals surface area contributed by atoms with Crippen LogP contribution in [-0.2, 0) is 19.6 Å². The summed E-state index contributed by atoms with van der Waals surface area (Å²) in [5.74, 6) is -0.549. The molecule has 0 saturated carbocycles. The standard InChI is InChI=1S/C23H29N3O5S/c1-17-4-6-19(7-5-17)18(2)24-22(27)16-26(32(3,29)30)21-10-8-20(9-11-21)23(28)25-12-14-31-15-13-25/h4-11,18H,12-16H2,1-3H3,(H,24,27). The molecule has 2 aromatic rings. The summed E-state index contributed by atoms with van der Waals surface area (Å²) < 4.78 is 31.1. The van der Waals surface area contributed by atoms with E-state index in [1.807, 2.05) is 38.1 Å². The lowest BCUT2D eigenvalue weighted by Gasteiger charge is -2.27. The van der Waals surface area contributed by atoms with Crippen molar-refractivity contribution in [3.8, 4) is 0 Å². The van der Waals surface area contributed by atoms with Gasteiger partial charge in [0, 0.05) is 18.7 Å². The van der Waals surface area contributed by atoms with Gasteiger partial charge in [-0.3, -0.25) is 13.9 Å². The van der Waals surface area contributed by atoms with Gasteiger partial charge in [-0.05, 0) is 43.7 Å². The molecular formula is C23H29N3O5S. The van der Waals surface area contributed by atoms with Gasteiger partial charge in [0.05, 0.1) is 31.2 Å². The zero-order valence-corrected chi connectivity index (χ0v) is 19.4. The number of nitrogens with one attached hydrogen (secondary N) is 1. The van der Waals surface area contributed by atoms with Gasteiger partial charge in [-0.2, -0.15) is 0 Å². The Morgan fingerprint density at radius 1 is 1.06 bits per heavy atom. The van der Waals surface area contributed by atoms with Crippen molar-refractivity contribution in [3.63, 3.8) is 0 Å². The summed E-state index contributed by atoms with van der Waals surface area (Å²) in [4.78, 5) is 26.9. The minimum atomic E-state index is -3.71. The molecule has 1 fully saturated rings. The minimum Gasteiger partial charge on any atom is -0.378 e. The average Bonchev–Trinajstić information content (AvgIpc) is 2.77. The van der Waals surface area contributed by atoms with Crippen LogP contribution in [0.5, 0.6) is 0 Å². The summed E-state index contributed by atoms with van der Waals surface area (Å²) in [6.07, 6.45) is 1.05. The van der Waals surface area contributed by atoms with E-state index >= 15 is 0 Å².